The smallest absolute Gasteiger partial charge is 0.0622 e. The fourth-order valence-corrected chi connectivity index (χ4v) is 3.08. The monoisotopic (exact) mass is 168 g/mol. The number of nitrogens with zero attached hydrogens (tertiary/aromatic N) is 1. The van der Waals surface area contributed by atoms with Crippen molar-refractivity contribution in [1.29, 1.82) is 0 Å². The lowest BCUT2D eigenvalue weighted by Gasteiger charge is -2.15. The summed E-state index contributed by atoms with van der Waals surface area (Å²) < 4.78 is 1.25. The van der Waals surface area contributed by atoms with Crippen molar-refractivity contribution in [1.82, 2.24) is 0 Å². The van der Waals surface area contributed by atoms with Crippen LogP contribution in [0, 0.1) is 22.2 Å². The van der Waals surface area contributed by atoms with Crippen LogP contribution in [0.3, 0.4) is 0 Å². The standard InChI is InChI=1S/C10H18NO/c1-8-5-10(6-9(8)2)3-4-11(12)7-10/h8-9H,3-7H2,1-2H3/q+1/t8-,9-/m0/s1. The van der Waals surface area contributed by atoms with E-state index in [1.807, 2.05) is 0 Å². The summed E-state index contributed by atoms with van der Waals surface area (Å²) >= 11 is 0. The van der Waals surface area contributed by atoms with Gasteiger partial charge < -0.3 is 0 Å². The van der Waals surface area contributed by atoms with Crippen LogP contribution < -0.4 is 0 Å². The first-order valence-electron chi connectivity index (χ1n) is 5.03. The summed E-state index contributed by atoms with van der Waals surface area (Å²) in [6.07, 6.45) is 3.71. The van der Waals surface area contributed by atoms with Gasteiger partial charge in [0.05, 0.1) is 0 Å². The van der Waals surface area contributed by atoms with Crippen LogP contribution in [0.15, 0.2) is 0 Å². The van der Waals surface area contributed by atoms with Crippen molar-refractivity contribution < 1.29 is 4.76 Å². The molecular weight excluding hydrogens is 150 g/mol. The molecule has 1 spiro atoms. The van der Waals surface area contributed by atoms with Crippen molar-refractivity contribution >= 4 is 0 Å². The van der Waals surface area contributed by atoms with Crippen LogP contribution in [0.2, 0.25) is 0 Å². The average Bonchev–Trinajstić information content (AvgIpc) is 2.42. The predicted molar refractivity (Wildman–Crippen MR) is 48.0 cm³/mol. The molecule has 12 heavy (non-hydrogen) atoms. The van der Waals surface area contributed by atoms with E-state index in [1.165, 1.54) is 17.6 Å². The highest BCUT2D eigenvalue weighted by Gasteiger charge is 2.50. The highest BCUT2D eigenvalue weighted by atomic mass is 16.3. The fraction of sp³-hybridized carbons (Fsp3) is 1.00. The molecule has 1 saturated carbocycles. The molecule has 0 aromatic carbocycles. The Kier molecular flexibility index (Phi) is 1.74. The van der Waals surface area contributed by atoms with Crippen LogP contribution in [0.5, 0.6) is 0 Å². The molecule has 1 aliphatic heterocycles. The van der Waals surface area contributed by atoms with Crippen molar-refractivity contribution in [3.8, 4) is 0 Å². The number of hydrogen-bond donors (Lipinski definition) is 0. The van der Waals surface area contributed by atoms with Gasteiger partial charge in [-0.25, -0.2) is 0 Å². The van der Waals surface area contributed by atoms with Crippen molar-refractivity contribution in [2.24, 2.45) is 17.3 Å². The second-order valence-corrected chi connectivity index (χ2v) is 4.98. The van der Waals surface area contributed by atoms with Gasteiger partial charge in [-0.3, -0.25) is 0 Å². The third-order valence-corrected chi connectivity index (χ3v) is 3.88. The maximum absolute atomic E-state index is 11.1. The Morgan fingerprint density at radius 1 is 1.25 bits per heavy atom. The molecule has 2 heteroatoms. The van der Waals surface area contributed by atoms with E-state index in [9.17, 15) is 4.91 Å². The molecule has 0 radical (unpaired) electrons. The van der Waals surface area contributed by atoms with Gasteiger partial charge in [0.2, 0.25) is 0 Å². The normalized spacial score (nSPS) is 39.7. The van der Waals surface area contributed by atoms with Crippen molar-refractivity contribution in [3.63, 3.8) is 0 Å². The number of rotatable bonds is 0. The van der Waals surface area contributed by atoms with E-state index in [-0.39, 0.29) is 0 Å². The maximum atomic E-state index is 11.1. The third kappa shape index (κ3) is 1.17. The van der Waals surface area contributed by atoms with E-state index in [0.717, 1.165) is 31.3 Å². The Morgan fingerprint density at radius 3 is 2.25 bits per heavy atom. The summed E-state index contributed by atoms with van der Waals surface area (Å²) in [6, 6.07) is 0. The highest BCUT2D eigenvalue weighted by Crippen LogP contribution is 2.49. The molecule has 0 aromatic rings. The quantitative estimate of drug-likeness (QED) is 0.508. The SMILES string of the molecule is C[C@H]1CC2(CC[N+](=O)C2)C[C@@H]1C. The molecule has 1 saturated heterocycles. The van der Waals surface area contributed by atoms with Crippen LogP contribution in [-0.2, 0) is 0 Å². The molecule has 0 amide bonds. The van der Waals surface area contributed by atoms with Crippen molar-refractivity contribution in [3.05, 3.63) is 4.91 Å². The lowest BCUT2D eigenvalue weighted by molar-refractivity contribution is -0.533. The van der Waals surface area contributed by atoms with Crippen LogP contribution in [0.4, 0.5) is 0 Å². The lowest BCUT2D eigenvalue weighted by Crippen LogP contribution is -2.18. The molecule has 2 fully saturated rings. The van der Waals surface area contributed by atoms with E-state index in [4.69, 9.17) is 0 Å². The largest absolute Gasteiger partial charge is 0.197 e. The summed E-state index contributed by atoms with van der Waals surface area (Å²) in [5, 5.41) is 0. The van der Waals surface area contributed by atoms with Gasteiger partial charge in [0, 0.05) is 16.7 Å². The Hall–Kier alpha value is -0.400. The molecule has 1 heterocycles. The molecule has 1 aliphatic carbocycles. The second-order valence-electron chi connectivity index (χ2n) is 4.98. The van der Waals surface area contributed by atoms with Gasteiger partial charge in [-0.1, -0.05) is 13.8 Å². The second kappa shape index (κ2) is 2.54. The van der Waals surface area contributed by atoms with Crippen LogP contribution in [0.25, 0.3) is 0 Å². The maximum Gasteiger partial charge on any atom is 0.197 e. The van der Waals surface area contributed by atoms with Gasteiger partial charge >= 0.3 is 0 Å². The van der Waals surface area contributed by atoms with Gasteiger partial charge in [0.25, 0.3) is 0 Å². The Morgan fingerprint density at radius 2 is 1.83 bits per heavy atom. The summed E-state index contributed by atoms with van der Waals surface area (Å²) in [4.78, 5) is 11.1. The molecule has 0 bridgehead atoms. The Labute approximate surface area is 73.9 Å². The molecule has 2 rings (SSSR count). The molecule has 2 aliphatic rings. The zero-order valence-corrected chi connectivity index (χ0v) is 8.05. The number of nitroso groups, excluding NO2 is 1. The van der Waals surface area contributed by atoms with Gasteiger partial charge in [0.15, 0.2) is 13.1 Å². The van der Waals surface area contributed by atoms with E-state index in [2.05, 4.69) is 13.8 Å². The molecule has 2 atom stereocenters. The minimum Gasteiger partial charge on any atom is -0.0622 e. The van der Waals surface area contributed by atoms with E-state index in [0.29, 0.717) is 5.41 Å². The van der Waals surface area contributed by atoms with Gasteiger partial charge in [0.1, 0.15) is 0 Å². The van der Waals surface area contributed by atoms with Crippen molar-refractivity contribution in [2.45, 2.75) is 33.1 Å². The molecule has 0 N–H and O–H groups in total. The van der Waals surface area contributed by atoms with Crippen LogP contribution in [0.1, 0.15) is 33.1 Å². The van der Waals surface area contributed by atoms with E-state index in [1.54, 1.807) is 0 Å². The first-order chi connectivity index (χ1) is 5.61. The summed E-state index contributed by atoms with van der Waals surface area (Å²) in [7, 11) is 0. The minimum absolute atomic E-state index is 0.417. The first-order valence-corrected chi connectivity index (χ1v) is 5.03. The minimum atomic E-state index is 0.417. The third-order valence-electron chi connectivity index (χ3n) is 3.88. The average molecular weight is 168 g/mol. The lowest BCUT2D eigenvalue weighted by atomic mass is 9.84. The molecular formula is C10H18NO+. The van der Waals surface area contributed by atoms with Gasteiger partial charge in [-0.15, -0.1) is 0 Å². The zero-order chi connectivity index (χ0) is 8.77. The summed E-state index contributed by atoms with van der Waals surface area (Å²) in [5.74, 6) is 1.66. The predicted octanol–water partition coefficient (Wildman–Crippen LogP) is 2.22. The highest BCUT2D eigenvalue weighted by molar-refractivity contribution is 4.92. The number of hydrogen-bond acceptors (Lipinski definition) is 1. The Balaban J connectivity index is 2.10. The van der Waals surface area contributed by atoms with Crippen molar-refractivity contribution in [2.75, 3.05) is 13.1 Å². The Bertz CT molecular complexity index is 202. The molecule has 68 valence electrons. The van der Waals surface area contributed by atoms with E-state index < -0.39 is 0 Å². The summed E-state index contributed by atoms with van der Waals surface area (Å²) in [5.41, 5.74) is 0.417. The molecule has 2 nitrogen and oxygen atoms in total. The van der Waals surface area contributed by atoms with Gasteiger partial charge in [-0.2, -0.15) is 0 Å². The van der Waals surface area contributed by atoms with Crippen LogP contribution >= 0.6 is 0 Å². The molecule has 0 unspecified atom stereocenters. The van der Waals surface area contributed by atoms with Crippen LogP contribution in [-0.4, -0.2) is 17.8 Å². The topological polar surface area (TPSA) is 20.1 Å². The molecule has 0 aromatic heterocycles. The first kappa shape index (κ1) is 8.21. The van der Waals surface area contributed by atoms with E-state index >= 15 is 0 Å². The fourth-order valence-electron chi connectivity index (χ4n) is 3.08. The zero-order valence-electron chi connectivity index (χ0n) is 8.05. The summed E-state index contributed by atoms with van der Waals surface area (Å²) in [6.45, 7) is 6.24. The van der Waals surface area contributed by atoms with Gasteiger partial charge in [-0.05, 0) is 29.4 Å².